The van der Waals surface area contributed by atoms with Crippen molar-refractivity contribution in [2.24, 2.45) is 5.92 Å². The molecule has 1 saturated heterocycles. The fourth-order valence-electron chi connectivity index (χ4n) is 4.13. The second kappa shape index (κ2) is 9.21. The molecule has 8 nitrogen and oxygen atoms in total. The summed E-state index contributed by atoms with van der Waals surface area (Å²) in [5.74, 6) is 0.0406. The summed E-state index contributed by atoms with van der Waals surface area (Å²) in [6, 6.07) is 0. The highest BCUT2D eigenvalue weighted by molar-refractivity contribution is 7.20. The van der Waals surface area contributed by atoms with Gasteiger partial charge in [0.15, 0.2) is 0 Å². The summed E-state index contributed by atoms with van der Waals surface area (Å²) in [5, 5.41) is 8.38. The third-order valence-corrected chi connectivity index (χ3v) is 6.67. The molecular weight excluding hydrogens is 390 g/mol. The Kier molecular flexibility index (Phi) is 6.44. The minimum Gasteiger partial charge on any atom is -0.382 e. The zero-order valence-electron chi connectivity index (χ0n) is 17.0. The molecule has 3 heterocycles. The van der Waals surface area contributed by atoms with E-state index < -0.39 is 0 Å². The molecule has 4 rings (SSSR count). The van der Waals surface area contributed by atoms with Crippen molar-refractivity contribution in [2.75, 3.05) is 37.7 Å². The summed E-state index contributed by atoms with van der Waals surface area (Å²) < 4.78 is 6.77. The van der Waals surface area contributed by atoms with Crippen LogP contribution in [0, 0.1) is 5.92 Å². The van der Waals surface area contributed by atoms with E-state index in [1.165, 1.54) is 15.9 Å². The van der Waals surface area contributed by atoms with Gasteiger partial charge in [0, 0.05) is 38.4 Å². The fourth-order valence-corrected chi connectivity index (χ4v) is 5.08. The molecule has 1 aliphatic carbocycles. The van der Waals surface area contributed by atoms with Gasteiger partial charge in [0.25, 0.3) is 5.56 Å². The van der Waals surface area contributed by atoms with E-state index in [4.69, 9.17) is 9.72 Å². The summed E-state index contributed by atoms with van der Waals surface area (Å²) in [6.07, 6.45) is 6.45. The number of aryl methyl sites for hydroxylation is 1. The maximum Gasteiger partial charge on any atom is 0.278 e. The number of rotatable bonds is 7. The maximum absolute atomic E-state index is 12.8. The molecule has 2 aliphatic rings. The Morgan fingerprint density at radius 3 is 3.03 bits per heavy atom. The number of hydrogen-bond acceptors (Lipinski definition) is 7. The van der Waals surface area contributed by atoms with E-state index in [-0.39, 0.29) is 17.4 Å². The van der Waals surface area contributed by atoms with Crippen LogP contribution in [0.4, 0.5) is 5.13 Å². The van der Waals surface area contributed by atoms with Gasteiger partial charge in [0.05, 0.1) is 11.6 Å². The average molecular weight is 420 g/mol. The highest BCUT2D eigenvalue weighted by Gasteiger charge is 2.28. The lowest BCUT2D eigenvalue weighted by molar-refractivity contribution is -0.125. The molecule has 2 aromatic heterocycles. The van der Waals surface area contributed by atoms with Crippen molar-refractivity contribution in [1.82, 2.24) is 19.9 Å². The zero-order valence-corrected chi connectivity index (χ0v) is 17.8. The van der Waals surface area contributed by atoms with Gasteiger partial charge in [-0.15, -0.1) is 5.10 Å². The van der Waals surface area contributed by atoms with Crippen molar-refractivity contribution in [2.45, 2.75) is 51.9 Å². The van der Waals surface area contributed by atoms with Crippen LogP contribution in [0.1, 0.15) is 50.3 Å². The Labute approximate surface area is 174 Å². The van der Waals surface area contributed by atoms with E-state index in [2.05, 4.69) is 15.3 Å². The molecule has 9 heteroatoms. The van der Waals surface area contributed by atoms with Crippen LogP contribution in [0.15, 0.2) is 4.79 Å². The Bertz CT molecular complexity index is 925. The van der Waals surface area contributed by atoms with E-state index in [0.29, 0.717) is 31.3 Å². The summed E-state index contributed by atoms with van der Waals surface area (Å²) in [4.78, 5) is 32.9. The van der Waals surface area contributed by atoms with Gasteiger partial charge in [-0.25, -0.2) is 4.98 Å². The Morgan fingerprint density at radius 1 is 1.31 bits per heavy atom. The van der Waals surface area contributed by atoms with E-state index >= 15 is 0 Å². The highest BCUT2D eigenvalue weighted by Crippen LogP contribution is 2.28. The molecule has 158 valence electrons. The highest BCUT2D eigenvalue weighted by atomic mass is 32.1. The first-order valence-electron chi connectivity index (χ1n) is 10.7. The standard InChI is InChI=1S/C20H29N5O3S/c1-2-28-12-6-10-21-17(26)14-7-5-11-24(13-14)20-23-25-18(27)15-8-3-4-9-16(15)22-19(25)29-20/h14H,2-13H2,1H3,(H,21,26). The first-order valence-corrected chi connectivity index (χ1v) is 11.5. The minimum atomic E-state index is -0.0549. The Morgan fingerprint density at radius 2 is 2.17 bits per heavy atom. The lowest BCUT2D eigenvalue weighted by Crippen LogP contribution is -2.43. The zero-order chi connectivity index (χ0) is 20.2. The third-order valence-electron chi connectivity index (χ3n) is 5.70. The number of amides is 1. The number of nitrogens with one attached hydrogen (secondary N) is 1. The molecule has 1 unspecified atom stereocenters. The van der Waals surface area contributed by atoms with Crippen LogP contribution in [0.2, 0.25) is 0 Å². The number of piperidine rings is 1. The van der Waals surface area contributed by atoms with Crippen LogP contribution in [-0.4, -0.2) is 53.4 Å². The first-order chi connectivity index (χ1) is 14.2. The Hall–Kier alpha value is -2.00. The van der Waals surface area contributed by atoms with Gasteiger partial charge in [-0.2, -0.15) is 4.52 Å². The van der Waals surface area contributed by atoms with Crippen LogP contribution >= 0.6 is 11.3 Å². The van der Waals surface area contributed by atoms with Gasteiger partial charge in [0.1, 0.15) is 0 Å². The molecule has 0 radical (unpaired) electrons. The predicted octanol–water partition coefficient (Wildman–Crippen LogP) is 1.79. The second-order valence-corrected chi connectivity index (χ2v) is 8.69. The third kappa shape index (κ3) is 4.45. The number of carbonyl (C=O) groups is 1. The van der Waals surface area contributed by atoms with Crippen LogP contribution in [0.25, 0.3) is 4.96 Å². The monoisotopic (exact) mass is 419 g/mol. The number of aromatic nitrogens is 3. The molecule has 1 fully saturated rings. The van der Waals surface area contributed by atoms with E-state index in [1.54, 1.807) is 0 Å². The van der Waals surface area contributed by atoms with Gasteiger partial charge < -0.3 is 15.0 Å². The van der Waals surface area contributed by atoms with Crippen molar-refractivity contribution >= 4 is 27.3 Å². The molecule has 1 N–H and O–H groups in total. The van der Waals surface area contributed by atoms with Gasteiger partial charge >= 0.3 is 0 Å². The topological polar surface area (TPSA) is 88.8 Å². The van der Waals surface area contributed by atoms with Gasteiger partial charge in [-0.05, 0) is 51.9 Å². The fraction of sp³-hybridized carbons (Fsp3) is 0.700. The van der Waals surface area contributed by atoms with Crippen LogP contribution in [-0.2, 0) is 22.4 Å². The number of carbonyl (C=O) groups excluding carboxylic acids is 1. The molecule has 2 aromatic rings. The molecule has 0 bridgehead atoms. The van der Waals surface area contributed by atoms with Crippen LogP contribution in [0.3, 0.4) is 0 Å². The molecule has 29 heavy (non-hydrogen) atoms. The van der Waals surface area contributed by atoms with Gasteiger partial charge in [0.2, 0.25) is 16.0 Å². The second-order valence-electron chi connectivity index (χ2n) is 7.75. The van der Waals surface area contributed by atoms with E-state index in [1.807, 2.05) is 6.92 Å². The Balaban J connectivity index is 1.44. The molecule has 0 spiro atoms. The molecule has 0 aromatic carbocycles. The van der Waals surface area contributed by atoms with Crippen molar-refractivity contribution in [3.63, 3.8) is 0 Å². The van der Waals surface area contributed by atoms with Crippen molar-refractivity contribution in [1.29, 1.82) is 0 Å². The van der Waals surface area contributed by atoms with E-state index in [9.17, 15) is 9.59 Å². The number of anilines is 1. The van der Waals surface area contributed by atoms with Gasteiger partial charge in [-0.1, -0.05) is 11.3 Å². The van der Waals surface area contributed by atoms with Crippen molar-refractivity contribution in [3.05, 3.63) is 21.6 Å². The molecule has 1 aliphatic heterocycles. The predicted molar refractivity (Wildman–Crippen MR) is 113 cm³/mol. The first kappa shape index (κ1) is 20.3. The quantitative estimate of drug-likeness (QED) is 0.689. The molecule has 0 saturated carbocycles. The maximum atomic E-state index is 12.8. The van der Waals surface area contributed by atoms with Crippen LogP contribution < -0.4 is 15.8 Å². The largest absolute Gasteiger partial charge is 0.382 e. The van der Waals surface area contributed by atoms with E-state index in [0.717, 1.165) is 67.9 Å². The number of hydrogen-bond donors (Lipinski definition) is 1. The average Bonchev–Trinajstić information content (AvgIpc) is 3.18. The van der Waals surface area contributed by atoms with Gasteiger partial charge in [-0.3, -0.25) is 9.59 Å². The van der Waals surface area contributed by atoms with Crippen molar-refractivity contribution in [3.8, 4) is 0 Å². The number of nitrogens with zero attached hydrogens (tertiary/aromatic N) is 4. The lowest BCUT2D eigenvalue weighted by Gasteiger charge is -2.31. The molecular formula is C20H29N5O3S. The minimum absolute atomic E-state index is 0.0206. The van der Waals surface area contributed by atoms with Crippen molar-refractivity contribution < 1.29 is 9.53 Å². The lowest BCUT2D eigenvalue weighted by atomic mass is 9.97. The number of fused-ring (bicyclic) bond motifs is 2. The molecule has 1 amide bonds. The summed E-state index contributed by atoms with van der Waals surface area (Å²) >= 11 is 1.45. The summed E-state index contributed by atoms with van der Waals surface area (Å²) in [7, 11) is 0. The normalized spacial score (nSPS) is 19.3. The number of ether oxygens (including phenoxy) is 1. The molecule has 1 atom stereocenters. The SMILES string of the molecule is CCOCCCNC(=O)C1CCCN(c2nn3c(=O)c4c(nc3s2)CCCC4)C1. The smallest absolute Gasteiger partial charge is 0.278 e. The summed E-state index contributed by atoms with van der Waals surface area (Å²) in [6.45, 7) is 5.46. The van der Waals surface area contributed by atoms with Crippen LogP contribution in [0.5, 0.6) is 0 Å². The summed E-state index contributed by atoms with van der Waals surface area (Å²) in [5.41, 5.74) is 1.75.